The zero-order valence-corrected chi connectivity index (χ0v) is 10.4. The Bertz CT molecular complexity index is 368. The zero-order valence-electron chi connectivity index (χ0n) is 9.55. The average Bonchev–Trinajstić information content (AvgIpc) is 2.61. The van der Waals surface area contributed by atoms with E-state index in [0.29, 0.717) is 17.4 Å². The normalized spacial score (nSPS) is 32.5. The maximum atomic E-state index is 6.14. The van der Waals surface area contributed by atoms with Crippen LogP contribution in [0.1, 0.15) is 47.9 Å². The summed E-state index contributed by atoms with van der Waals surface area (Å²) in [6, 6.07) is 2.83. The van der Waals surface area contributed by atoms with E-state index >= 15 is 0 Å². The van der Waals surface area contributed by atoms with Gasteiger partial charge in [0.05, 0.1) is 0 Å². The predicted octanol–water partition coefficient (Wildman–Crippen LogP) is 3.08. The summed E-state index contributed by atoms with van der Waals surface area (Å²) in [7, 11) is 0. The molecule has 0 saturated heterocycles. The molecule has 1 saturated carbocycles. The fourth-order valence-electron chi connectivity index (χ4n) is 2.89. The molecule has 1 heterocycles. The molecule has 0 radical (unpaired) electrons. The number of hydrogen-bond donors (Lipinski definition) is 1. The van der Waals surface area contributed by atoms with Crippen molar-refractivity contribution >= 4 is 11.3 Å². The van der Waals surface area contributed by atoms with Gasteiger partial charge in [-0.3, -0.25) is 0 Å². The summed E-state index contributed by atoms with van der Waals surface area (Å²) >= 11 is 2.03. The highest BCUT2D eigenvalue weighted by atomic mass is 32.1. The highest BCUT2D eigenvalue weighted by Gasteiger charge is 2.56. The smallest absolute Gasteiger partial charge is 0.0180 e. The summed E-state index contributed by atoms with van der Waals surface area (Å²) in [5.74, 6) is 0.632. The molecule has 1 fully saturated rings. The number of nitrogens with two attached hydrogens (primary N) is 1. The standard InChI is InChI=1S/C13H19NS/c1-13(2)11(12(13)14)10-7-8-5-3-4-6-9(8)15-10/h7,11-12H,3-6,14H2,1-2H3/t11-,12-/m1/s1. The SMILES string of the molecule is CC1(C)[C@H](N)[C@H]1c1cc2c(s1)CCCC2. The summed E-state index contributed by atoms with van der Waals surface area (Å²) in [5.41, 5.74) is 8.10. The first-order valence-electron chi connectivity index (χ1n) is 5.98. The Balaban J connectivity index is 1.91. The van der Waals surface area contributed by atoms with Gasteiger partial charge in [-0.25, -0.2) is 0 Å². The van der Waals surface area contributed by atoms with Crippen LogP contribution >= 0.6 is 11.3 Å². The van der Waals surface area contributed by atoms with Crippen molar-refractivity contribution in [3.63, 3.8) is 0 Å². The van der Waals surface area contributed by atoms with Crippen molar-refractivity contribution in [1.29, 1.82) is 0 Å². The third-order valence-electron chi connectivity index (χ3n) is 4.23. The fraction of sp³-hybridized carbons (Fsp3) is 0.692. The number of thiophene rings is 1. The van der Waals surface area contributed by atoms with Gasteiger partial charge >= 0.3 is 0 Å². The Morgan fingerprint density at radius 3 is 2.60 bits per heavy atom. The molecule has 1 nitrogen and oxygen atoms in total. The molecule has 2 aliphatic rings. The quantitative estimate of drug-likeness (QED) is 0.775. The van der Waals surface area contributed by atoms with Crippen molar-refractivity contribution in [2.24, 2.45) is 11.1 Å². The van der Waals surface area contributed by atoms with Crippen LogP contribution < -0.4 is 5.73 Å². The van der Waals surface area contributed by atoms with E-state index in [4.69, 9.17) is 5.73 Å². The molecule has 2 aliphatic carbocycles. The van der Waals surface area contributed by atoms with E-state index in [0.717, 1.165) is 0 Å². The lowest BCUT2D eigenvalue weighted by Gasteiger charge is -2.08. The first-order valence-corrected chi connectivity index (χ1v) is 6.79. The van der Waals surface area contributed by atoms with Crippen LogP contribution in [-0.4, -0.2) is 6.04 Å². The van der Waals surface area contributed by atoms with Gasteiger partial charge in [-0.15, -0.1) is 11.3 Å². The van der Waals surface area contributed by atoms with E-state index in [9.17, 15) is 0 Å². The molecule has 2 atom stereocenters. The van der Waals surface area contributed by atoms with Crippen LogP contribution in [0.2, 0.25) is 0 Å². The highest BCUT2D eigenvalue weighted by molar-refractivity contribution is 7.12. The van der Waals surface area contributed by atoms with Gasteiger partial charge in [0.2, 0.25) is 0 Å². The Hall–Kier alpha value is -0.340. The molecule has 1 aromatic rings. The molecule has 82 valence electrons. The Morgan fingerprint density at radius 1 is 1.33 bits per heavy atom. The molecule has 0 amide bonds. The van der Waals surface area contributed by atoms with E-state index in [1.165, 1.54) is 25.7 Å². The van der Waals surface area contributed by atoms with E-state index in [1.807, 2.05) is 11.3 Å². The molecule has 0 aromatic carbocycles. The largest absolute Gasteiger partial charge is 0.327 e. The maximum absolute atomic E-state index is 6.14. The van der Waals surface area contributed by atoms with Gasteiger partial charge in [-0.1, -0.05) is 13.8 Å². The summed E-state index contributed by atoms with van der Waals surface area (Å²) in [6.45, 7) is 4.59. The van der Waals surface area contributed by atoms with Crippen LogP contribution in [0.3, 0.4) is 0 Å². The molecule has 0 spiro atoms. The van der Waals surface area contributed by atoms with Crippen molar-refractivity contribution in [2.45, 2.75) is 51.5 Å². The van der Waals surface area contributed by atoms with E-state index in [1.54, 1.807) is 15.3 Å². The summed E-state index contributed by atoms with van der Waals surface area (Å²) < 4.78 is 0. The molecule has 2 heteroatoms. The van der Waals surface area contributed by atoms with Crippen molar-refractivity contribution in [3.8, 4) is 0 Å². The minimum Gasteiger partial charge on any atom is -0.327 e. The van der Waals surface area contributed by atoms with Crippen molar-refractivity contribution in [2.75, 3.05) is 0 Å². The lowest BCUT2D eigenvalue weighted by atomic mass is 9.98. The third kappa shape index (κ3) is 1.38. The maximum Gasteiger partial charge on any atom is 0.0180 e. The predicted molar refractivity (Wildman–Crippen MR) is 65.5 cm³/mol. The van der Waals surface area contributed by atoms with Gasteiger partial charge in [0, 0.05) is 21.7 Å². The third-order valence-corrected chi connectivity index (χ3v) is 5.55. The minimum absolute atomic E-state index is 0.341. The molecule has 0 aliphatic heterocycles. The molecule has 0 unspecified atom stereocenters. The highest BCUT2D eigenvalue weighted by Crippen LogP contribution is 2.59. The summed E-state index contributed by atoms with van der Waals surface area (Å²) in [4.78, 5) is 3.20. The second-order valence-electron chi connectivity index (χ2n) is 5.63. The number of hydrogen-bond acceptors (Lipinski definition) is 2. The lowest BCUT2D eigenvalue weighted by Crippen LogP contribution is -2.06. The fourth-order valence-corrected chi connectivity index (χ4v) is 4.49. The molecule has 3 rings (SSSR count). The minimum atomic E-state index is 0.341. The van der Waals surface area contributed by atoms with Gasteiger partial charge in [0.1, 0.15) is 0 Å². The van der Waals surface area contributed by atoms with Crippen LogP contribution in [0.4, 0.5) is 0 Å². The molecule has 15 heavy (non-hydrogen) atoms. The van der Waals surface area contributed by atoms with Gasteiger partial charge in [-0.2, -0.15) is 0 Å². The number of fused-ring (bicyclic) bond motifs is 1. The van der Waals surface area contributed by atoms with Crippen LogP contribution in [-0.2, 0) is 12.8 Å². The van der Waals surface area contributed by atoms with Crippen LogP contribution in [0.5, 0.6) is 0 Å². The van der Waals surface area contributed by atoms with Crippen molar-refractivity contribution in [1.82, 2.24) is 0 Å². The van der Waals surface area contributed by atoms with E-state index in [2.05, 4.69) is 19.9 Å². The molecular formula is C13H19NS. The van der Waals surface area contributed by atoms with Gasteiger partial charge < -0.3 is 5.73 Å². The second-order valence-corrected chi connectivity index (χ2v) is 6.80. The van der Waals surface area contributed by atoms with Gasteiger partial charge in [0.25, 0.3) is 0 Å². The summed E-state index contributed by atoms with van der Waals surface area (Å²) in [6.07, 6.45) is 5.37. The lowest BCUT2D eigenvalue weighted by molar-refractivity contribution is 0.601. The van der Waals surface area contributed by atoms with E-state index < -0.39 is 0 Å². The van der Waals surface area contributed by atoms with Crippen LogP contribution in [0, 0.1) is 5.41 Å². The van der Waals surface area contributed by atoms with E-state index in [-0.39, 0.29) is 0 Å². The number of rotatable bonds is 1. The zero-order chi connectivity index (χ0) is 10.6. The average molecular weight is 221 g/mol. The first-order chi connectivity index (χ1) is 7.10. The number of aryl methyl sites for hydroxylation is 2. The van der Waals surface area contributed by atoms with Gasteiger partial charge in [-0.05, 0) is 42.7 Å². The molecular weight excluding hydrogens is 202 g/mol. The molecule has 2 N–H and O–H groups in total. The second kappa shape index (κ2) is 3.08. The Labute approximate surface area is 95.7 Å². The van der Waals surface area contributed by atoms with Gasteiger partial charge in [0.15, 0.2) is 0 Å². The topological polar surface area (TPSA) is 26.0 Å². The molecule has 0 bridgehead atoms. The Morgan fingerprint density at radius 2 is 2.00 bits per heavy atom. The Kier molecular flexibility index (Phi) is 2.02. The summed E-state index contributed by atoms with van der Waals surface area (Å²) in [5, 5.41) is 0. The van der Waals surface area contributed by atoms with Crippen LogP contribution in [0.25, 0.3) is 0 Å². The monoisotopic (exact) mass is 221 g/mol. The first kappa shape index (κ1) is 9.86. The van der Waals surface area contributed by atoms with Crippen molar-refractivity contribution in [3.05, 3.63) is 21.4 Å². The van der Waals surface area contributed by atoms with Crippen molar-refractivity contribution < 1.29 is 0 Å². The molecule has 1 aromatic heterocycles. The van der Waals surface area contributed by atoms with Crippen LogP contribution in [0.15, 0.2) is 6.07 Å².